The van der Waals surface area contributed by atoms with Gasteiger partial charge in [0.2, 0.25) is 5.91 Å². The monoisotopic (exact) mass is 187 g/mol. The van der Waals surface area contributed by atoms with Gasteiger partial charge < -0.3 is 15.2 Å². The van der Waals surface area contributed by atoms with Crippen molar-refractivity contribution in [1.29, 1.82) is 0 Å². The van der Waals surface area contributed by atoms with E-state index in [1.54, 1.807) is 0 Å². The van der Waals surface area contributed by atoms with Crippen molar-refractivity contribution >= 4 is 5.91 Å². The van der Waals surface area contributed by atoms with Crippen LogP contribution in [0.3, 0.4) is 0 Å². The minimum atomic E-state index is -0.946. The summed E-state index contributed by atoms with van der Waals surface area (Å²) in [5.74, 6) is -0.326. The van der Waals surface area contributed by atoms with Crippen LogP contribution in [0.4, 0.5) is 0 Å². The lowest BCUT2D eigenvalue weighted by atomic mass is 9.94. The van der Waals surface area contributed by atoms with Crippen LogP contribution < -0.4 is 5.32 Å². The third-order valence-corrected chi connectivity index (χ3v) is 2.24. The largest absolute Gasteiger partial charge is 0.384 e. The van der Waals surface area contributed by atoms with E-state index in [1.807, 2.05) is 6.92 Å². The highest BCUT2D eigenvalue weighted by Crippen LogP contribution is 2.18. The van der Waals surface area contributed by atoms with Gasteiger partial charge in [0.1, 0.15) is 6.10 Å². The van der Waals surface area contributed by atoms with Gasteiger partial charge in [-0.3, -0.25) is 4.79 Å². The summed E-state index contributed by atoms with van der Waals surface area (Å²) < 4.78 is 5.27. The zero-order valence-electron chi connectivity index (χ0n) is 8.17. The van der Waals surface area contributed by atoms with Gasteiger partial charge in [-0.25, -0.2) is 0 Å². The molecule has 0 aromatic heterocycles. The van der Waals surface area contributed by atoms with Gasteiger partial charge in [-0.1, -0.05) is 0 Å². The van der Waals surface area contributed by atoms with Crippen molar-refractivity contribution < 1.29 is 14.6 Å². The maximum Gasteiger partial charge on any atom is 0.249 e. The van der Waals surface area contributed by atoms with Crippen LogP contribution in [0.5, 0.6) is 0 Å². The molecule has 1 amide bonds. The van der Waals surface area contributed by atoms with Crippen molar-refractivity contribution in [2.75, 3.05) is 13.2 Å². The Kier molecular flexibility index (Phi) is 3.27. The molecule has 4 nitrogen and oxygen atoms in total. The first-order valence-corrected chi connectivity index (χ1v) is 4.61. The fraction of sp³-hybridized carbons (Fsp3) is 0.889. The Morgan fingerprint density at radius 2 is 2.38 bits per heavy atom. The zero-order valence-corrected chi connectivity index (χ0v) is 8.17. The summed E-state index contributed by atoms with van der Waals surface area (Å²) in [5.41, 5.74) is -0.299. The fourth-order valence-electron chi connectivity index (χ4n) is 1.43. The molecule has 1 aliphatic rings. The standard InChI is InChI=1S/C9H17NO3/c1-7(11)8(12)10-9(2)4-3-5-13-6-9/h7,11H,3-6H2,1-2H3,(H,10,12). The summed E-state index contributed by atoms with van der Waals surface area (Å²) in [6.45, 7) is 4.69. The smallest absolute Gasteiger partial charge is 0.249 e. The number of aliphatic hydroxyl groups is 1. The number of nitrogens with one attached hydrogen (secondary N) is 1. The molecule has 2 atom stereocenters. The number of carbonyl (C=O) groups excluding carboxylic acids is 1. The predicted molar refractivity (Wildman–Crippen MR) is 48.3 cm³/mol. The molecule has 0 radical (unpaired) electrons. The summed E-state index contributed by atoms with van der Waals surface area (Å²) in [6.07, 6.45) is 0.918. The molecule has 0 saturated carbocycles. The number of hydrogen-bond acceptors (Lipinski definition) is 3. The summed E-state index contributed by atoms with van der Waals surface area (Å²) in [5, 5.41) is 11.8. The Bertz CT molecular complexity index is 185. The molecule has 0 aliphatic carbocycles. The highest BCUT2D eigenvalue weighted by Gasteiger charge is 2.30. The first kappa shape index (κ1) is 10.5. The number of amides is 1. The maximum absolute atomic E-state index is 11.2. The molecule has 1 rings (SSSR count). The number of aliphatic hydroxyl groups excluding tert-OH is 1. The molecule has 1 fully saturated rings. The Balaban J connectivity index is 2.45. The van der Waals surface area contributed by atoms with Crippen LogP contribution in [0.2, 0.25) is 0 Å². The lowest BCUT2D eigenvalue weighted by Crippen LogP contribution is -2.53. The average Bonchev–Trinajstić information content (AvgIpc) is 2.04. The second-order valence-electron chi connectivity index (χ2n) is 3.88. The average molecular weight is 187 g/mol. The molecule has 0 spiro atoms. The van der Waals surface area contributed by atoms with E-state index < -0.39 is 6.10 Å². The predicted octanol–water partition coefficient (Wildman–Crippen LogP) is 0.0525. The van der Waals surface area contributed by atoms with Crippen molar-refractivity contribution in [1.82, 2.24) is 5.32 Å². The van der Waals surface area contributed by atoms with E-state index in [-0.39, 0.29) is 11.4 Å². The first-order valence-electron chi connectivity index (χ1n) is 4.61. The molecule has 2 N–H and O–H groups in total. The molecule has 1 saturated heterocycles. The van der Waals surface area contributed by atoms with Crippen LogP contribution in [0, 0.1) is 0 Å². The molecule has 1 aliphatic heterocycles. The second-order valence-corrected chi connectivity index (χ2v) is 3.88. The van der Waals surface area contributed by atoms with E-state index in [0.29, 0.717) is 6.61 Å². The van der Waals surface area contributed by atoms with Crippen LogP contribution in [0.25, 0.3) is 0 Å². The molecule has 13 heavy (non-hydrogen) atoms. The van der Waals surface area contributed by atoms with Gasteiger partial charge in [0, 0.05) is 6.61 Å². The lowest BCUT2D eigenvalue weighted by Gasteiger charge is -2.34. The van der Waals surface area contributed by atoms with E-state index in [2.05, 4.69) is 5.32 Å². The molecular weight excluding hydrogens is 170 g/mol. The molecule has 4 heteroatoms. The van der Waals surface area contributed by atoms with Crippen LogP contribution in [0.15, 0.2) is 0 Å². The van der Waals surface area contributed by atoms with E-state index in [4.69, 9.17) is 9.84 Å². The molecule has 0 bridgehead atoms. The highest BCUT2D eigenvalue weighted by molar-refractivity contribution is 5.80. The summed E-state index contributed by atoms with van der Waals surface area (Å²) in [7, 11) is 0. The third kappa shape index (κ3) is 2.97. The molecule has 0 aromatic carbocycles. The van der Waals surface area contributed by atoms with Crippen LogP contribution in [0.1, 0.15) is 26.7 Å². The molecule has 0 aromatic rings. The van der Waals surface area contributed by atoms with Crippen molar-refractivity contribution in [3.63, 3.8) is 0 Å². The highest BCUT2D eigenvalue weighted by atomic mass is 16.5. The van der Waals surface area contributed by atoms with E-state index in [1.165, 1.54) is 6.92 Å². The normalized spacial score (nSPS) is 31.0. The summed E-state index contributed by atoms with van der Waals surface area (Å²) in [6, 6.07) is 0. The quantitative estimate of drug-likeness (QED) is 0.642. The SMILES string of the molecule is CC(O)C(=O)NC1(C)CCCOC1. The first-order chi connectivity index (χ1) is 6.03. The van der Waals surface area contributed by atoms with E-state index in [0.717, 1.165) is 19.4 Å². The van der Waals surface area contributed by atoms with Crippen molar-refractivity contribution in [3.05, 3.63) is 0 Å². The van der Waals surface area contributed by atoms with Gasteiger partial charge in [-0.2, -0.15) is 0 Å². The Morgan fingerprint density at radius 1 is 1.69 bits per heavy atom. The van der Waals surface area contributed by atoms with Crippen LogP contribution >= 0.6 is 0 Å². The fourth-order valence-corrected chi connectivity index (χ4v) is 1.43. The number of hydrogen-bond donors (Lipinski definition) is 2. The number of rotatable bonds is 2. The van der Waals surface area contributed by atoms with Crippen molar-refractivity contribution in [2.24, 2.45) is 0 Å². The lowest BCUT2D eigenvalue weighted by molar-refractivity contribution is -0.132. The number of carbonyl (C=O) groups is 1. The molecule has 2 unspecified atom stereocenters. The Hall–Kier alpha value is -0.610. The van der Waals surface area contributed by atoms with Crippen LogP contribution in [-0.4, -0.2) is 35.9 Å². The van der Waals surface area contributed by atoms with Gasteiger partial charge in [0.05, 0.1) is 12.1 Å². The summed E-state index contributed by atoms with van der Waals surface area (Å²) >= 11 is 0. The van der Waals surface area contributed by atoms with Gasteiger partial charge in [-0.15, -0.1) is 0 Å². The maximum atomic E-state index is 11.2. The van der Waals surface area contributed by atoms with Gasteiger partial charge >= 0.3 is 0 Å². The Labute approximate surface area is 78.3 Å². The van der Waals surface area contributed by atoms with Gasteiger partial charge in [0.25, 0.3) is 0 Å². The van der Waals surface area contributed by atoms with Gasteiger partial charge in [0.15, 0.2) is 0 Å². The van der Waals surface area contributed by atoms with Crippen molar-refractivity contribution in [3.8, 4) is 0 Å². The molecular formula is C9H17NO3. The van der Waals surface area contributed by atoms with Crippen LogP contribution in [-0.2, 0) is 9.53 Å². The van der Waals surface area contributed by atoms with Crippen molar-refractivity contribution in [2.45, 2.75) is 38.3 Å². The van der Waals surface area contributed by atoms with E-state index >= 15 is 0 Å². The zero-order chi connectivity index (χ0) is 9.90. The number of ether oxygens (including phenoxy) is 1. The Morgan fingerprint density at radius 3 is 2.85 bits per heavy atom. The van der Waals surface area contributed by atoms with E-state index in [9.17, 15) is 4.79 Å². The minimum absolute atomic E-state index is 0.299. The summed E-state index contributed by atoms with van der Waals surface area (Å²) in [4.78, 5) is 11.2. The topological polar surface area (TPSA) is 58.6 Å². The van der Waals surface area contributed by atoms with Gasteiger partial charge in [-0.05, 0) is 26.7 Å². The molecule has 1 heterocycles. The second kappa shape index (κ2) is 4.07. The third-order valence-electron chi connectivity index (χ3n) is 2.24. The minimum Gasteiger partial charge on any atom is -0.384 e. The molecule has 76 valence electrons.